The van der Waals surface area contributed by atoms with E-state index in [1.165, 1.54) is 44.1 Å². The molecule has 0 bridgehead atoms. The van der Waals surface area contributed by atoms with Crippen LogP contribution in [-0.4, -0.2) is 19.3 Å². The molecule has 1 N–H and O–H groups in total. The Labute approximate surface area is 115 Å². The van der Waals surface area contributed by atoms with Crippen molar-refractivity contribution < 1.29 is 9.57 Å². The van der Waals surface area contributed by atoms with Crippen molar-refractivity contribution >= 4 is 0 Å². The third-order valence-electron chi connectivity index (χ3n) is 4.41. The maximum absolute atomic E-state index is 5.76. The van der Waals surface area contributed by atoms with Crippen molar-refractivity contribution in [1.29, 1.82) is 0 Å². The molecule has 2 saturated carbocycles. The lowest BCUT2D eigenvalue weighted by Crippen LogP contribution is -2.41. The SMILES string of the molecule is COc1cccc(C2CC(NOC3CCCC3)C2)c1. The Balaban J connectivity index is 1.44. The van der Waals surface area contributed by atoms with E-state index in [0.717, 1.165) is 5.75 Å². The maximum Gasteiger partial charge on any atom is 0.119 e. The monoisotopic (exact) mass is 261 g/mol. The number of benzene rings is 1. The fourth-order valence-corrected chi connectivity index (χ4v) is 3.08. The fourth-order valence-electron chi connectivity index (χ4n) is 3.08. The van der Waals surface area contributed by atoms with Gasteiger partial charge in [0.1, 0.15) is 5.75 Å². The van der Waals surface area contributed by atoms with Crippen molar-refractivity contribution in [2.45, 2.75) is 56.6 Å². The minimum atomic E-state index is 0.455. The van der Waals surface area contributed by atoms with Gasteiger partial charge < -0.3 is 4.74 Å². The Bertz CT molecular complexity index is 409. The summed E-state index contributed by atoms with van der Waals surface area (Å²) in [5, 5.41) is 0. The average molecular weight is 261 g/mol. The number of rotatable bonds is 5. The Kier molecular flexibility index (Phi) is 4.04. The summed E-state index contributed by atoms with van der Waals surface area (Å²) >= 11 is 0. The van der Waals surface area contributed by atoms with Crippen LogP contribution in [0, 0.1) is 0 Å². The molecular formula is C16H23NO2. The summed E-state index contributed by atoms with van der Waals surface area (Å²) in [7, 11) is 1.72. The lowest BCUT2D eigenvalue weighted by molar-refractivity contribution is -0.0575. The fraction of sp³-hybridized carbons (Fsp3) is 0.625. The van der Waals surface area contributed by atoms with Gasteiger partial charge in [-0.2, -0.15) is 5.48 Å². The van der Waals surface area contributed by atoms with Crippen LogP contribution in [0.1, 0.15) is 50.0 Å². The van der Waals surface area contributed by atoms with Crippen molar-refractivity contribution in [3.05, 3.63) is 29.8 Å². The molecule has 0 heterocycles. The molecule has 0 radical (unpaired) electrons. The van der Waals surface area contributed by atoms with Gasteiger partial charge in [-0.15, -0.1) is 0 Å². The zero-order valence-corrected chi connectivity index (χ0v) is 11.6. The lowest BCUT2D eigenvalue weighted by atomic mass is 9.76. The summed E-state index contributed by atoms with van der Waals surface area (Å²) in [6, 6.07) is 8.95. The molecule has 0 saturated heterocycles. The van der Waals surface area contributed by atoms with Gasteiger partial charge in [0, 0.05) is 6.04 Å². The molecule has 2 aliphatic rings. The van der Waals surface area contributed by atoms with E-state index in [1.54, 1.807) is 7.11 Å². The van der Waals surface area contributed by atoms with Crippen LogP contribution in [-0.2, 0) is 4.84 Å². The molecule has 2 aliphatic carbocycles. The molecule has 3 nitrogen and oxygen atoms in total. The molecule has 0 aliphatic heterocycles. The molecule has 0 atom stereocenters. The van der Waals surface area contributed by atoms with Gasteiger partial charge >= 0.3 is 0 Å². The second kappa shape index (κ2) is 5.93. The molecule has 1 aromatic rings. The topological polar surface area (TPSA) is 30.5 Å². The number of hydrogen-bond acceptors (Lipinski definition) is 3. The van der Waals surface area contributed by atoms with Crippen LogP contribution < -0.4 is 10.2 Å². The average Bonchev–Trinajstić information content (AvgIpc) is 2.90. The highest BCUT2D eigenvalue weighted by Crippen LogP contribution is 2.38. The number of hydroxylamine groups is 1. The Morgan fingerprint density at radius 1 is 1.16 bits per heavy atom. The normalized spacial score (nSPS) is 27.2. The highest BCUT2D eigenvalue weighted by atomic mass is 16.7. The molecule has 19 heavy (non-hydrogen) atoms. The molecule has 0 aromatic heterocycles. The predicted molar refractivity (Wildman–Crippen MR) is 75.2 cm³/mol. The van der Waals surface area contributed by atoms with Gasteiger partial charge in [0.05, 0.1) is 13.2 Å². The first-order chi connectivity index (χ1) is 9.35. The summed E-state index contributed by atoms with van der Waals surface area (Å²) in [6.07, 6.45) is 7.88. The molecule has 3 rings (SSSR count). The molecule has 1 aromatic carbocycles. The largest absolute Gasteiger partial charge is 0.497 e. The van der Waals surface area contributed by atoms with E-state index in [4.69, 9.17) is 9.57 Å². The molecule has 104 valence electrons. The van der Waals surface area contributed by atoms with Gasteiger partial charge in [0.15, 0.2) is 0 Å². The first-order valence-electron chi connectivity index (χ1n) is 7.40. The van der Waals surface area contributed by atoms with E-state index in [2.05, 4.69) is 23.7 Å². The summed E-state index contributed by atoms with van der Waals surface area (Å²) in [5.41, 5.74) is 4.65. The standard InChI is InChI=1S/C16H23NO2/c1-18-16-8-4-5-12(11-16)13-9-14(10-13)17-19-15-6-2-3-7-15/h4-5,8,11,13-15,17H,2-3,6-7,9-10H2,1H3. The Morgan fingerprint density at radius 2 is 1.95 bits per heavy atom. The zero-order chi connectivity index (χ0) is 13.1. The zero-order valence-electron chi connectivity index (χ0n) is 11.6. The first kappa shape index (κ1) is 12.9. The Hall–Kier alpha value is -1.06. The highest BCUT2D eigenvalue weighted by molar-refractivity contribution is 5.32. The molecular weight excluding hydrogens is 238 g/mol. The quantitative estimate of drug-likeness (QED) is 0.824. The van der Waals surface area contributed by atoms with E-state index in [-0.39, 0.29) is 0 Å². The molecule has 2 fully saturated rings. The number of nitrogens with one attached hydrogen (secondary N) is 1. The highest BCUT2D eigenvalue weighted by Gasteiger charge is 2.31. The second-order valence-corrected chi connectivity index (χ2v) is 5.78. The van der Waals surface area contributed by atoms with Crippen LogP contribution in [0.15, 0.2) is 24.3 Å². The van der Waals surface area contributed by atoms with Crippen molar-refractivity contribution in [2.24, 2.45) is 0 Å². The van der Waals surface area contributed by atoms with Crippen LogP contribution in [0.25, 0.3) is 0 Å². The molecule has 0 unspecified atom stereocenters. The van der Waals surface area contributed by atoms with Crippen molar-refractivity contribution in [1.82, 2.24) is 5.48 Å². The van der Waals surface area contributed by atoms with Gasteiger partial charge in [-0.05, 0) is 49.3 Å². The number of hydrogen-bond donors (Lipinski definition) is 1. The minimum Gasteiger partial charge on any atom is -0.497 e. The smallest absolute Gasteiger partial charge is 0.119 e. The van der Waals surface area contributed by atoms with E-state index < -0.39 is 0 Å². The summed E-state index contributed by atoms with van der Waals surface area (Å²) in [6.45, 7) is 0. The van der Waals surface area contributed by atoms with Crippen LogP contribution in [0.3, 0.4) is 0 Å². The molecule has 0 spiro atoms. The first-order valence-corrected chi connectivity index (χ1v) is 7.40. The summed E-state index contributed by atoms with van der Waals surface area (Å²) in [4.78, 5) is 5.76. The van der Waals surface area contributed by atoms with Gasteiger partial charge in [0.2, 0.25) is 0 Å². The van der Waals surface area contributed by atoms with Gasteiger partial charge in [-0.1, -0.05) is 25.0 Å². The van der Waals surface area contributed by atoms with Crippen LogP contribution in [0.2, 0.25) is 0 Å². The van der Waals surface area contributed by atoms with Crippen LogP contribution in [0.5, 0.6) is 5.75 Å². The van der Waals surface area contributed by atoms with Gasteiger partial charge in [-0.3, -0.25) is 4.84 Å². The van der Waals surface area contributed by atoms with E-state index in [1.807, 2.05) is 6.07 Å². The third kappa shape index (κ3) is 3.10. The van der Waals surface area contributed by atoms with E-state index in [0.29, 0.717) is 18.1 Å². The molecule has 3 heteroatoms. The van der Waals surface area contributed by atoms with Crippen molar-refractivity contribution in [3.63, 3.8) is 0 Å². The third-order valence-corrected chi connectivity index (χ3v) is 4.41. The summed E-state index contributed by atoms with van der Waals surface area (Å²) in [5.74, 6) is 1.61. The number of methoxy groups -OCH3 is 1. The maximum atomic E-state index is 5.76. The minimum absolute atomic E-state index is 0.455. The number of ether oxygens (including phenoxy) is 1. The van der Waals surface area contributed by atoms with E-state index in [9.17, 15) is 0 Å². The van der Waals surface area contributed by atoms with Crippen molar-refractivity contribution in [2.75, 3.05) is 7.11 Å². The lowest BCUT2D eigenvalue weighted by Gasteiger charge is -2.36. The Morgan fingerprint density at radius 3 is 2.68 bits per heavy atom. The van der Waals surface area contributed by atoms with Crippen LogP contribution >= 0.6 is 0 Å². The van der Waals surface area contributed by atoms with E-state index >= 15 is 0 Å². The van der Waals surface area contributed by atoms with Gasteiger partial charge in [0.25, 0.3) is 0 Å². The van der Waals surface area contributed by atoms with Crippen molar-refractivity contribution in [3.8, 4) is 5.75 Å². The predicted octanol–water partition coefficient (Wildman–Crippen LogP) is 3.41. The summed E-state index contributed by atoms with van der Waals surface area (Å²) < 4.78 is 5.28. The van der Waals surface area contributed by atoms with Gasteiger partial charge in [-0.25, -0.2) is 0 Å². The second-order valence-electron chi connectivity index (χ2n) is 5.78. The molecule has 0 amide bonds. The van der Waals surface area contributed by atoms with Crippen LogP contribution in [0.4, 0.5) is 0 Å².